The first-order valence-electron chi connectivity index (χ1n) is 6.79. The number of benzene rings is 1. The summed E-state index contributed by atoms with van der Waals surface area (Å²) in [5.74, 6) is -0.194. The van der Waals surface area contributed by atoms with Gasteiger partial charge in [0, 0.05) is 25.5 Å². The highest BCUT2D eigenvalue weighted by Crippen LogP contribution is 2.13. The average Bonchev–Trinajstić information content (AvgIpc) is 2.86. The number of hydrogen-bond acceptors (Lipinski definition) is 4. The fourth-order valence-corrected chi connectivity index (χ4v) is 2.70. The quantitative estimate of drug-likeness (QED) is 0.782. The molecule has 0 aliphatic carbocycles. The predicted octanol–water partition coefficient (Wildman–Crippen LogP) is 2.15. The second-order valence-electron chi connectivity index (χ2n) is 5.08. The minimum Gasteiger partial charge on any atom is -0.359 e. The Hall–Kier alpha value is -1.79. The highest BCUT2D eigenvalue weighted by molar-refractivity contribution is 7.85. The standard InChI is InChI=1S/C15H20N2O3S/c1-2-14-4-6-15(7-5-14)12-17-10-9-16(13-17)8-3-11-21(18,19)20/h2,4-7,9-10H,1,3,8,11-13H2,(H,18,19,20). The van der Waals surface area contributed by atoms with Gasteiger partial charge >= 0.3 is 0 Å². The van der Waals surface area contributed by atoms with Crippen LogP contribution >= 0.6 is 0 Å². The zero-order valence-electron chi connectivity index (χ0n) is 11.9. The fraction of sp³-hybridized carbons (Fsp3) is 0.333. The molecule has 114 valence electrons. The summed E-state index contributed by atoms with van der Waals surface area (Å²) in [6.45, 7) is 5.88. The maximum atomic E-state index is 10.7. The summed E-state index contributed by atoms with van der Waals surface area (Å²) in [6, 6.07) is 8.22. The first kappa shape index (κ1) is 15.6. The van der Waals surface area contributed by atoms with Crippen molar-refractivity contribution in [3.8, 4) is 0 Å². The van der Waals surface area contributed by atoms with Gasteiger partial charge in [0.25, 0.3) is 10.1 Å². The van der Waals surface area contributed by atoms with Crippen molar-refractivity contribution in [1.29, 1.82) is 0 Å². The fourth-order valence-electron chi connectivity index (χ4n) is 2.21. The van der Waals surface area contributed by atoms with E-state index in [1.165, 1.54) is 5.56 Å². The summed E-state index contributed by atoms with van der Waals surface area (Å²) in [4.78, 5) is 4.18. The van der Waals surface area contributed by atoms with Crippen LogP contribution in [0.3, 0.4) is 0 Å². The van der Waals surface area contributed by atoms with Crippen molar-refractivity contribution >= 4 is 16.2 Å². The van der Waals surface area contributed by atoms with E-state index in [2.05, 4.69) is 23.6 Å². The zero-order valence-corrected chi connectivity index (χ0v) is 12.7. The molecule has 21 heavy (non-hydrogen) atoms. The van der Waals surface area contributed by atoms with E-state index in [9.17, 15) is 8.42 Å². The Kier molecular flexibility index (Phi) is 5.03. The van der Waals surface area contributed by atoms with Crippen LogP contribution < -0.4 is 0 Å². The first-order valence-corrected chi connectivity index (χ1v) is 8.40. The van der Waals surface area contributed by atoms with Gasteiger partial charge in [-0.05, 0) is 17.5 Å². The summed E-state index contributed by atoms with van der Waals surface area (Å²) in [7, 11) is -3.86. The molecule has 2 rings (SSSR count). The number of hydrogen-bond donors (Lipinski definition) is 1. The molecule has 1 heterocycles. The van der Waals surface area contributed by atoms with Gasteiger partial charge in [0.2, 0.25) is 0 Å². The third-order valence-corrected chi connectivity index (χ3v) is 4.10. The summed E-state index contributed by atoms with van der Waals surface area (Å²) in [5, 5.41) is 0. The van der Waals surface area contributed by atoms with Crippen LogP contribution in [0.25, 0.3) is 6.08 Å². The Morgan fingerprint density at radius 3 is 2.48 bits per heavy atom. The van der Waals surface area contributed by atoms with E-state index in [4.69, 9.17) is 4.55 Å². The Labute approximate surface area is 125 Å². The summed E-state index contributed by atoms with van der Waals surface area (Å²) >= 11 is 0. The minimum absolute atomic E-state index is 0.194. The monoisotopic (exact) mass is 308 g/mol. The van der Waals surface area contributed by atoms with Gasteiger partial charge in [0.05, 0.1) is 12.4 Å². The van der Waals surface area contributed by atoms with Crippen LogP contribution in [0.15, 0.2) is 43.2 Å². The molecule has 1 N–H and O–H groups in total. The molecule has 0 aromatic heterocycles. The molecular weight excluding hydrogens is 288 g/mol. The van der Waals surface area contributed by atoms with E-state index >= 15 is 0 Å². The van der Waals surface area contributed by atoms with Crippen LogP contribution in [0.5, 0.6) is 0 Å². The molecule has 1 aromatic carbocycles. The molecule has 5 nitrogen and oxygen atoms in total. The van der Waals surface area contributed by atoms with Crippen molar-refractivity contribution < 1.29 is 13.0 Å². The lowest BCUT2D eigenvalue weighted by atomic mass is 10.1. The molecule has 1 aromatic rings. The van der Waals surface area contributed by atoms with E-state index in [0.717, 1.165) is 18.8 Å². The molecule has 1 aliphatic heterocycles. The highest BCUT2D eigenvalue weighted by Gasteiger charge is 2.13. The van der Waals surface area contributed by atoms with Gasteiger partial charge in [0.1, 0.15) is 0 Å². The second-order valence-corrected chi connectivity index (χ2v) is 6.66. The molecule has 0 amide bonds. The normalized spacial score (nSPS) is 14.7. The van der Waals surface area contributed by atoms with Crippen molar-refractivity contribution in [2.45, 2.75) is 13.0 Å². The van der Waals surface area contributed by atoms with E-state index in [-0.39, 0.29) is 5.75 Å². The first-order chi connectivity index (χ1) is 9.96. The van der Waals surface area contributed by atoms with Gasteiger partial charge in [-0.2, -0.15) is 8.42 Å². The van der Waals surface area contributed by atoms with E-state index in [0.29, 0.717) is 13.0 Å². The Morgan fingerprint density at radius 1 is 1.19 bits per heavy atom. The number of nitrogens with zero attached hydrogens (tertiary/aromatic N) is 2. The van der Waals surface area contributed by atoms with Crippen LogP contribution in [0.1, 0.15) is 17.5 Å². The maximum Gasteiger partial charge on any atom is 0.264 e. The molecule has 1 aliphatic rings. The van der Waals surface area contributed by atoms with Gasteiger partial charge in [0.15, 0.2) is 0 Å². The average molecular weight is 308 g/mol. The van der Waals surface area contributed by atoms with Gasteiger partial charge < -0.3 is 9.80 Å². The van der Waals surface area contributed by atoms with Crippen LogP contribution in [-0.2, 0) is 16.7 Å². The van der Waals surface area contributed by atoms with Crippen molar-refractivity contribution in [3.63, 3.8) is 0 Å². The van der Waals surface area contributed by atoms with Crippen LogP contribution in [-0.4, -0.2) is 41.7 Å². The molecule has 0 spiro atoms. The molecule has 0 radical (unpaired) electrons. The van der Waals surface area contributed by atoms with Crippen LogP contribution in [0.4, 0.5) is 0 Å². The minimum atomic E-state index is -3.86. The molecule has 0 unspecified atom stereocenters. The number of rotatable bonds is 7. The van der Waals surface area contributed by atoms with Gasteiger partial charge in [-0.25, -0.2) is 0 Å². The molecule has 6 heteroatoms. The van der Waals surface area contributed by atoms with Crippen molar-refractivity contribution in [2.24, 2.45) is 0 Å². The Bertz CT molecular complexity index is 608. The van der Waals surface area contributed by atoms with Gasteiger partial charge in [-0.15, -0.1) is 0 Å². The lowest BCUT2D eigenvalue weighted by molar-refractivity contribution is 0.260. The lowest BCUT2D eigenvalue weighted by Gasteiger charge is -2.21. The van der Waals surface area contributed by atoms with Crippen LogP contribution in [0, 0.1) is 0 Å². The van der Waals surface area contributed by atoms with E-state index in [1.54, 1.807) is 0 Å². The molecular formula is C15H20N2O3S. The molecule has 0 bridgehead atoms. The smallest absolute Gasteiger partial charge is 0.264 e. The predicted molar refractivity (Wildman–Crippen MR) is 83.8 cm³/mol. The zero-order chi connectivity index (χ0) is 15.3. The van der Waals surface area contributed by atoms with Crippen molar-refractivity contribution in [3.05, 3.63) is 54.4 Å². The van der Waals surface area contributed by atoms with Crippen molar-refractivity contribution in [2.75, 3.05) is 19.0 Å². The summed E-state index contributed by atoms with van der Waals surface area (Å²) < 4.78 is 30.0. The maximum absolute atomic E-state index is 10.7. The molecule has 0 saturated heterocycles. The Balaban J connectivity index is 1.77. The largest absolute Gasteiger partial charge is 0.359 e. The SMILES string of the molecule is C=Cc1ccc(CN2C=CN(CCCS(=O)(=O)O)C2)cc1. The van der Waals surface area contributed by atoms with E-state index < -0.39 is 10.1 Å². The van der Waals surface area contributed by atoms with Gasteiger partial charge in [-0.3, -0.25) is 4.55 Å². The summed E-state index contributed by atoms with van der Waals surface area (Å²) in [6.07, 6.45) is 6.18. The lowest BCUT2D eigenvalue weighted by Crippen LogP contribution is -2.26. The molecule has 0 atom stereocenters. The van der Waals surface area contributed by atoms with E-state index in [1.807, 2.05) is 35.5 Å². The Morgan fingerprint density at radius 2 is 1.86 bits per heavy atom. The second kappa shape index (κ2) is 6.78. The van der Waals surface area contributed by atoms with Crippen LogP contribution in [0.2, 0.25) is 0 Å². The van der Waals surface area contributed by atoms with Gasteiger partial charge in [-0.1, -0.05) is 36.9 Å². The summed E-state index contributed by atoms with van der Waals surface area (Å²) in [5.41, 5.74) is 2.31. The molecule has 0 fully saturated rings. The third kappa shape index (κ3) is 5.24. The van der Waals surface area contributed by atoms with Crippen molar-refractivity contribution in [1.82, 2.24) is 9.80 Å². The topological polar surface area (TPSA) is 60.9 Å². The molecule has 0 saturated carbocycles. The highest BCUT2D eigenvalue weighted by atomic mass is 32.2. The third-order valence-electron chi connectivity index (χ3n) is 3.30.